The van der Waals surface area contributed by atoms with E-state index in [1.807, 2.05) is 6.92 Å². The van der Waals surface area contributed by atoms with E-state index in [0.29, 0.717) is 27.9 Å². The Hall–Kier alpha value is -3.00. The van der Waals surface area contributed by atoms with Gasteiger partial charge in [0.15, 0.2) is 0 Å². The van der Waals surface area contributed by atoms with E-state index in [0.717, 1.165) is 5.56 Å². The highest BCUT2D eigenvalue weighted by Gasteiger charge is 2.13. The molecule has 2 amide bonds. The number of rotatable bonds is 3. The third-order valence-corrected chi connectivity index (χ3v) is 3.23. The lowest BCUT2D eigenvalue weighted by molar-refractivity contribution is 0.262. The number of halogens is 1. The summed E-state index contributed by atoms with van der Waals surface area (Å²) in [6.07, 6.45) is 7.78. The molecule has 0 aliphatic carbocycles. The summed E-state index contributed by atoms with van der Waals surface area (Å²) in [6.45, 7) is 1.82. The minimum atomic E-state index is -0.429. The molecule has 0 saturated heterocycles. The van der Waals surface area contributed by atoms with Crippen molar-refractivity contribution in [3.05, 3.63) is 47.8 Å². The first kappa shape index (κ1) is 14.9. The van der Waals surface area contributed by atoms with E-state index in [1.54, 1.807) is 30.9 Å². The monoisotopic (exact) mass is 329 g/mol. The van der Waals surface area contributed by atoms with Crippen LogP contribution in [0.5, 0.6) is 0 Å². The molecular weight excluding hydrogens is 318 g/mol. The molecule has 3 heterocycles. The molecule has 3 N–H and O–H groups in total. The SMILES string of the molecule is Cc1cnc(Cl)cc1NC(=O)Nc1cn[nH]c1-c1cnccn1. The van der Waals surface area contributed by atoms with Gasteiger partial charge in [0.1, 0.15) is 16.5 Å². The van der Waals surface area contributed by atoms with Gasteiger partial charge in [0.05, 0.1) is 18.1 Å². The highest BCUT2D eigenvalue weighted by Crippen LogP contribution is 2.23. The number of anilines is 2. The van der Waals surface area contributed by atoms with Crippen LogP contribution in [0.4, 0.5) is 16.2 Å². The zero-order chi connectivity index (χ0) is 16.2. The fraction of sp³-hybridized carbons (Fsp3) is 0.0714. The number of hydrogen-bond acceptors (Lipinski definition) is 5. The molecule has 8 nitrogen and oxygen atoms in total. The standard InChI is InChI=1S/C14H12ClN7O/c1-8-5-18-12(15)4-9(8)20-14(23)21-11-7-19-22-13(11)10-6-16-2-3-17-10/h2-7H,1H3,(H,19,22)(H2,18,20,21,23). The average molecular weight is 330 g/mol. The highest BCUT2D eigenvalue weighted by molar-refractivity contribution is 6.29. The molecule has 0 aliphatic heterocycles. The quantitative estimate of drug-likeness (QED) is 0.640. The second kappa shape index (κ2) is 6.41. The zero-order valence-corrected chi connectivity index (χ0v) is 12.8. The van der Waals surface area contributed by atoms with Crippen LogP contribution in [0, 0.1) is 6.92 Å². The Morgan fingerprint density at radius 3 is 2.74 bits per heavy atom. The lowest BCUT2D eigenvalue weighted by Crippen LogP contribution is -2.20. The molecule has 0 radical (unpaired) electrons. The maximum atomic E-state index is 12.2. The molecule has 0 aromatic carbocycles. The number of urea groups is 1. The normalized spacial score (nSPS) is 10.3. The Kier molecular flexibility index (Phi) is 4.15. The molecular formula is C14H12ClN7O. The van der Waals surface area contributed by atoms with Gasteiger partial charge >= 0.3 is 6.03 Å². The zero-order valence-electron chi connectivity index (χ0n) is 12.0. The Bertz CT molecular complexity index is 834. The molecule has 23 heavy (non-hydrogen) atoms. The van der Waals surface area contributed by atoms with Gasteiger partial charge in [-0.05, 0) is 18.6 Å². The number of aromatic nitrogens is 5. The van der Waals surface area contributed by atoms with E-state index in [9.17, 15) is 4.79 Å². The molecule has 0 bridgehead atoms. The van der Waals surface area contributed by atoms with Crippen molar-refractivity contribution in [3.8, 4) is 11.4 Å². The Morgan fingerprint density at radius 1 is 1.13 bits per heavy atom. The van der Waals surface area contributed by atoms with Crippen LogP contribution >= 0.6 is 11.6 Å². The molecule has 3 rings (SSSR count). The van der Waals surface area contributed by atoms with Crippen LogP contribution in [0.1, 0.15) is 5.56 Å². The molecule has 0 spiro atoms. The first-order chi connectivity index (χ1) is 11.1. The summed E-state index contributed by atoms with van der Waals surface area (Å²) in [5.41, 5.74) is 3.00. The van der Waals surface area contributed by atoms with E-state index in [1.165, 1.54) is 6.20 Å². The number of pyridine rings is 1. The number of nitrogens with one attached hydrogen (secondary N) is 3. The first-order valence-electron chi connectivity index (χ1n) is 6.63. The average Bonchev–Trinajstić information content (AvgIpc) is 3.00. The van der Waals surface area contributed by atoms with Gasteiger partial charge in [-0.3, -0.25) is 15.1 Å². The van der Waals surface area contributed by atoms with Gasteiger partial charge in [0.2, 0.25) is 0 Å². The topological polar surface area (TPSA) is 108 Å². The minimum absolute atomic E-state index is 0.300. The van der Waals surface area contributed by atoms with Crippen molar-refractivity contribution in [2.45, 2.75) is 6.92 Å². The fourth-order valence-electron chi connectivity index (χ4n) is 1.91. The third kappa shape index (κ3) is 3.43. The summed E-state index contributed by atoms with van der Waals surface area (Å²) in [7, 11) is 0. The molecule has 0 unspecified atom stereocenters. The number of amides is 2. The number of carbonyl (C=O) groups is 1. The Labute approximate surface area is 136 Å². The number of carbonyl (C=O) groups excluding carboxylic acids is 1. The van der Waals surface area contributed by atoms with Gasteiger partial charge in [-0.25, -0.2) is 9.78 Å². The molecule has 3 aromatic rings. The van der Waals surface area contributed by atoms with Crippen molar-refractivity contribution < 1.29 is 4.79 Å². The van der Waals surface area contributed by atoms with Gasteiger partial charge in [-0.15, -0.1) is 0 Å². The second-order valence-electron chi connectivity index (χ2n) is 4.65. The molecule has 116 valence electrons. The number of hydrogen-bond donors (Lipinski definition) is 3. The third-order valence-electron chi connectivity index (χ3n) is 3.02. The minimum Gasteiger partial charge on any atom is -0.307 e. The maximum absolute atomic E-state index is 12.2. The predicted molar refractivity (Wildman–Crippen MR) is 86.2 cm³/mol. The van der Waals surface area contributed by atoms with Gasteiger partial charge in [0.25, 0.3) is 0 Å². The van der Waals surface area contributed by atoms with Crippen LogP contribution in [0.3, 0.4) is 0 Å². The van der Waals surface area contributed by atoms with E-state index in [2.05, 4.69) is 35.8 Å². The molecule has 0 saturated carbocycles. The highest BCUT2D eigenvalue weighted by atomic mass is 35.5. The smallest absolute Gasteiger partial charge is 0.307 e. The molecule has 9 heteroatoms. The number of nitrogens with zero attached hydrogens (tertiary/aromatic N) is 4. The van der Waals surface area contributed by atoms with Crippen LogP contribution in [-0.2, 0) is 0 Å². The van der Waals surface area contributed by atoms with E-state index in [-0.39, 0.29) is 0 Å². The van der Waals surface area contributed by atoms with Gasteiger partial charge < -0.3 is 10.6 Å². The summed E-state index contributed by atoms with van der Waals surface area (Å²) in [5.74, 6) is 0. The summed E-state index contributed by atoms with van der Waals surface area (Å²) < 4.78 is 0. The van der Waals surface area contributed by atoms with Crippen molar-refractivity contribution in [1.29, 1.82) is 0 Å². The number of H-pyrrole nitrogens is 1. The van der Waals surface area contributed by atoms with E-state index >= 15 is 0 Å². The van der Waals surface area contributed by atoms with Crippen LogP contribution in [-0.4, -0.2) is 31.2 Å². The molecule has 0 atom stereocenters. The predicted octanol–water partition coefficient (Wildman–Crippen LogP) is 2.87. The summed E-state index contributed by atoms with van der Waals surface area (Å²) in [4.78, 5) is 24.3. The lowest BCUT2D eigenvalue weighted by Gasteiger charge is -2.09. The van der Waals surface area contributed by atoms with Gasteiger partial charge in [-0.2, -0.15) is 5.10 Å². The second-order valence-corrected chi connectivity index (χ2v) is 5.04. The van der Waals surface area contributed by atoms with Crippen LogP contribution < -0.4 is 10.6 Å². The lowest BCUT2D eigenvalue weighted by atomic mass is 10.2. The largest absolute Gasteiger partial charge is 0.323 e. The van der Waals surface area contributed by atoms with Crippen LogP contribution in [0.2, 0.25) is 5.15 Å². The van der Waals surface area contributed by atoms with Gasteiger partial charge in [0, 0.05) is 24.3 Å². The first-order valence-corrected chi connectivity index (χ1v) is 7.01. The summed E-state index contributed by atoms with van der Waals surface area (Å²) in [6, 6.07) is 1.15. The van der Waals surface area contributed by atoms with Crippen molar-refractivity contribution in [3.63, 3.8) is 0 Å². The van der Waals surface area contributed by atoms with Crippen molar-refractivity contribution >= 4 is 29.0 Å². The summed E-state index contributed by atoms with van der Waals surface area (Å²) in [5, 5.41) is 12.4. The van der Waals surface area contributed by atoms with E-state index < -0.39 is 6.03 Å². The van der Waals surface area contributed by atoms with Crippen molar-refractivity contribution in [2.24, 2.45) is 0 Å². The summed E-state index contributed by atoms with van der Waals surface area (Å²) >= 11 is 5.84. The number of aromatic amines is 1. The van der Waals surface area contributed by atoms with Gasteiger partial charge in [-0.1, -0.05) is 11.6 Å². The maximum Gasteiger partial charge on any atom is 0.323 e. The van der Waals surface area contributed by atoms with Crippen LogP contribution in [0.25, 0.3) is 11.4 Å². The van der Waals surface area contributed by atoms with Crippen LogP contribution in [0.15, 0.2) is 37.1 Å². The van der Waals surface area contributed by atoms with Crippen molar-refractivity contribution in [1.82, 2.24) is 25.1 Å². The van der Waals surface area contributed by atoms with E-state index in [4.69, 9.17) is 11.6 Å². The number of aryl methyl sites for hydroxylation is 1. The molecule has 0 aliphatic rings. The van der Waals surface area contributed by atoms with Crippen molar-refractivity contribution in [2.75, 3.05) is 10.6 Å². The Morgan fingerprint density at radius 2 is 1.96 bits per heavy atom. The molecule has 0 fully saturated rings. The Balaban J connectivity index is 1.77. The molecule has 3 aromatic heterocycles. The fourth-order valence-corrected chi connectivity index (χ4v) is 2.07.